The molecule has 5 rings (SSSR count). The highest BCUT2D eigenvalue weighted by Gasteiger charge is 2.25. The summed E-state index contributed by atoms with van der Waals surface area (Å²) in [5.74, 6) is 2.54. The molecule has 1 saturated carbocycles. The Hall–Kier alpha value is -4.24. The number of rotatable bonds is 8. The predicted molar refractivity (Wildman–Crippen MR) is 149 cm³/mol. The van der Waals surface area contributed by atoms with Crippen LogP contribution in [0, 0.1) is 0 Å². The van der Waals surface area contributed by atoms with Gasteiger partial charge in [-0.15, -0.1) is 0 Å². The van der Waals surface area contributed by atoms with Crippen LogP contribution in [0.3, 0.4) is 0 Å². The molecule has 1 fully saturated rings. The van der Waals surface area contributed by atoms with Gasteiger partial charge in [0.25, 0.3) is 5.91 Å². The number of fused-ring (bicyclic) bond motifs is 1. The van der Waals surface area contributed by atoms with E-state index in [9.17, 15) is 4.79 Å². The van der Waals surface area contributed by atoms with Gasteiger partial charge in [-0.2, -0.15) is 0 Å². The Morgan fingerprint density at radius 3 is 2.28 bits per heavy atom. The molecule has 2 heterocycles. The van der Waals surface area contributed by atoms with Gasteiger partial charge >= 0.3 is 0 Å². The molecule has 3 N–H and O–H groups in total. The van der Waals surface area contributed by atoms with Crippen molar-refractivity contribution in [2.24, 2.45) is 5.73 Å². The van der Waals surface area contributed by atoms with Gasteiger partial charge in [-0.3, -0.25) is 9.78 Å². The summed E-state index contributed by atoms with van der Waals surface area (Å²) in [6.45, 7) is 0. The molecule has 0 aliphatic heterocycles. The number of hydrogen-bond donors (Lipinski definition) is 2. The Kier molecular flexibility index (Phi) is 7.60. The van der Waals surface area contributed by atoms with Crippen molar-refractivity contribution in [3.8, 4) is 45.4 Å². The van der Waals surface area contributed by atoms with Crippen LogP contribution in [0.2, 0.25) is 0 Å². The lowest BCUT2D eigenvalue weighted by atomic mass is 9.90. The second-order valence-electron chi connectivity index (χ2n) is 9.54. The van der Waals surface area contributed by atoms with Gasteiger partial charge in [-0.05, 0) is 49.2 Å². The molecular weight excluding hydrogens is 498 g/mol. The number of carbonyl (C=O) groups is 1. The number of aromatic nitrogens is 1. The van der Waals surface area contributed by atoms with Gasteiger partial charge in [0, 0.05) is 46.6 Å². The number of nitrogens with zero attached hydrogens (tertiary/aromatic N) is 1. The van der Waals surface area contributed by atoms with Crippen LogP contribution in [0.4, 0.5) is 0 Å². The number of nitrogens with one attached hydrogen (secondary N) is 1. The highest BCUT2D eigenvalue weighted by Crippen LogP contribution is 2.43. The van der Waals surface area contributed by atoms with Crippen molar-refractivity contribution in [1.29, 1.82) is 0 Å². The lowest BCUT2D eigenvalue weighted by molar-refractivity contribution is 0.0921. The summed E-state index contributed by atoms with van der Waals surface area (Å²) in [6.07, 6.45) is 5.67. The number of furan rings is 1. The Labute approximate surface area is 227 Å². The quantitative estimate of drug-likeness (QED) is 0.319. The maximum atomic E-state index is 13.2. The summed E-state index contributed by atoms with van der Waals surface area (Å²) in [5.41, 5.74) is 10.2. The first-order chi connectivity index (χ1) is 19.0. The average molecular weight is 532 g/mol. The fraction of sp³-hybridized carbons (Fsp3) is 0.333. The van der Waals surface area contributed by atoms with Crippen LogP contribution < -0.4 is 30.0 Å². The topological polar surface area (TPSA) is 118 Å². The molecule has 39 heavy (non-hydrogen) atoms. The van der Waals surface area contributed by atoms with Gasteiger partial charge < -0.3 is 34.4 Å². The molecule has 9 nitrogen and oxygen atoms in total. The van der Waals surface area contributed by atoms with E-state index in [1.54, 1.807) is 46.8 Å². The minimum Gasteiger partial charge on any atom is -0.496 e. The first-order valence-electron chi connectivity index (χ1n) is 12.9. The molecule has 0 radical (unpaired) electrons. The molecule has 4 aromatic rings. The van der Waals surface area contributed by atoms with E-state index < -0.39 is 0 Å². The third-order valence-corrected chi connectivity index (χ3v) is 7.25. The fourth-order valence-electron chi connectivity index (χ4n) is 5.17. The fourth-order valence-corrected chi connectivity index (χ4v) is 5.17. The summed E-state index contributed by atoms with van der Waals surface area (Å²) in [7, 11) is 6.29. The maximum Gasteiger partial charge on any atom is 0.251 e. The van der Waals surface area contributed by atoms with Crippen LogP contribution in [0.25, 0.3) is 33.6 Å². The number of nitrogens with two attached hydrogens (primary N) is 1. The van der Waals surface area contributed by atoms with Gasteiger partial charge in [0.2, 0.25) is 5.75 Å². The Bertz CT molecular complexity index is 1470. The molecule has 2 aromatic carbocycles. The molecule has 0 bridgehead atoms. The molecule has 204 valence electrons. The minimum absolute atomic E-state index is 0.0306. The van der Waals surface area contributed by atoms with Crippen LogP contribution in [-0.4, -0.2) is 51.4 Å². The number of pyridine rings is 1. The van der Waals surface area contributed by atoms with E-state index in [1.807, 2.05) is 30.3 Å². The zero-order valence-electron chi connectivity index (χ0n) is 22.6. The van der Waals surface area contributed by atoms with Gasteiger partial charge in [-0.25, -0.2) is 0 Å². The third-order valence-electron chi connectivity index (χ3n) is 7.25. The lowest BCUT2D eigenvalue weighted by Gasteiger charge is -2.29. The van der Waals surface area contributed by atoms with Crippen molar-refractivity contribution in [3.63, 3.8) is 0 Å². The van der Waals surface area contributed by atoms with Gasteiger partial charge in [0.1, 0.15) is 17.0 Å². The van der Waals surface area contributed by atoms with Crippen LogP contribution in [0.1, 0.15) is 36.0 Å². The second-order valence-corrected chi connectivity index (χ2v) is 9.54. The van der Waals surface area contributed by atoms with Crippen LogP contribution in [0.5, 0.6) is 23.0 Å². The van der Waals surface area contributed by atoms with Crippen LogP contribution in [0.15, 0.2) is 53.1 Å². The average Bonchev–Trinajstić information content (AvgIpc) is 3.42. The Morgan fingerprint density at radius 1 is 0.897 bits per heavy atom. The molecule has 1 amide bonds. The van der Waals surface area contributed by atoms with Gasteiger partial charge in [-0.1, -0.05) is 12.8 Å². The number of hydrogen-bond acceptors (Lipinski definition) is 8. The monoisotopic (exact) mass is 531 g/mol. The standard InChI is InChI=1S/C30H33N3O6/c1-35-24-10-9-17(30(34)33-22-8-6-5-7-21(22)31)13-20(24)19-11-12-32-23-16-25(39-28(19)23)18-14-26(36-2)29(38-4)27(15-18)37-3/h9-16,21-22H,5-8,31H2,1-4H3,(H,33,34). The highest BCUT2D eigenvalue weighted by molar-refractivity contribution is 5.99. The van der Waals surface area contributed by atoms with E-state index in [-0.39, 0.29) is 18.0 Å². The van der Waals surface area contributed by atoms with E-state index in [1.165, 1.54) is 0 Å². The third kappa shape index (κ3) is 5.09. The highest BCUT2D eigenvalue weighted by atomic mass is 16.5. The minimum atomic E-state index is -0.163. The molecule has 0 saturated heterocycles. The SMILES string of the molecule is COc1ccc(C(=O)NC2CCCCC2N)cc1-c1ccnc2cc(-c3cc(OC)c(OC)c(OC)c3)oc12. The zero-order valence-corrected chi connectivity index (χ0v) is 22.6. The second kappa shape index (κ2) is 11.2. The Morgan fingerprint density at radius 2 is 1.62 bits per heavy atom. The maximum absolute atomic E-state index is 13.2. The lowest BCUT2D eigenvalue weighted by Crippen LogP contribution is -2.49. The largest absolute Gasteiger partial charge is 0.496 e. The van der Waals surface area contributed by atoms with Crippen molar-refractivity contribution in [2.45, 2.75) is 37.8 Å². The van der Waals surface area contributed by atoms with E-state index >= 15 is 0 Å². The number of benzene rings is 2. The van der Waals surface area contributed by atoms with E-state index in [0.717, 1.165) is 42.4 Å². The molecule has 1 aliphatic rings. The van der Waals surface area contributed by atoms with E-state index in [2.05, 4.69) is 10.3 Å². The first kappa shape index (κ1) is 26.4. The molecule has 2 aromatic heterocycles. The summed E-state index contributed by atoms with van der Waals surface area (Å²) in [4.78, 5) is 17.7. The van der Waals surface area contributed by atoms with Crippen molar-refractivity contribution >= 4 is 17.0 Å². The van der Waals surface area contributed by atoms with Crippen molar-refractivity contribution in [1.82, 2.24) is 10.3 Å². The number of ether oxygens (including phenoxy) is 4. The molecule has 2 atom stereocenters. The van der Waals surface area contributed by atoms with Gasteiger partial charge in [0.05, 0.1) is 28.4 Å². The molecule has 9 heteroatoms. The van der Waals surface area contributed by atoms with Crippen molar-refractivity contribution in [2.75, 3.05) is 28.4 Å². The van der Waals surface area contributed by atoms with Crippen molar-refractivity contribution in [3.05, 3.63) is 54.2 Å². The molecule has 0 spiro atoms. The number of amides is 1. The first-order valence-corrected chi connectivity index (χ1v) is 12.9. The zero-order chi connectivity index (χ0) is 27.5. The summed E-state index contributed by atoms with van der Waals surface area (Å²) < 4.78 is 28.5. The summed E-state index contributed by atoms with van der Waals surface area (Å²) in [6, 6.07) is 12.6. The summed E-state index contributed by atoms with van der Waals surface area (Å²) >= 11 is 0. The molecular formula is C30H33N3O6. The smallest absolute Gasteiger partial charge is 0.251 e. The van der Waals surface area contributed by atoms with Crippen molar-refractivity contribution < 1.29 is 28.2 Å². The Balaban J connectivity index is 1.55. The molecule has 1 aliphatic carbocycles. The normalized spacial score (nSPS) is 17.1. The predicted octanol–water partition coefficient (Wildman–Crippen LogP) is 5.20. The van der Waals surface area contributed by atoms with Crippen LogP contribution in [-0.2, 0) is 0 Å². The summed E-state index contributed by atoms with van der Waals surface area (Å²) in [5, 5.41) is 3.12. The van der Waals surface area contributed by atoms with E-state index in [0.29, 0.717) is 45.4 Å². The number of carbonyl (C=O) groups excluding carboxylic acids is 1. The molecule has 2 unspecified atom stereocenters. The van der Waals surface area contributed by atoms with E-state index in [4.69, 9.17) is 29.1 Å². The van der Waals surface area contributed by atoms with Gasteiger partial charge in [0.15, 0.2) is 17.1 Å². The number of methoxy groups -OCH3 is 4. The van der Waals surface area contributed by atoms with Crippen LogP contribution >= 0.6 is 0 Å².